The van der Waals surface area contributed by atoms with E-state index in [1.54, 1.807) is 14.2 Å². The van der Waals surface area contributed by atoms with Crippen LogP contribution in [0.1, 0.15) is 0 Å². The largest absolute Gasteiger partial charge is 0.358 e. The van der Waals surface area contributed by atoms with Crippen LogP contribution in [0.15, 0.2) is 12.3 Å². The molecule has 0 N–H and O–H groups in total. The van der Waals surface area contributed by atoms with Gasteiger partial charge in [-0.2, -0.15) is 0 Å². The van der Waals surface area contributed by atoms with Gasteiger partial charge in [-0.15, -0.1) is 6.58 Å². The average Bonchev–Trinajstić information content (AvgIpc) is 1.99. The number of hydrogen-bond donors (Lipinski definition) is 0. The van der Waals surface area contributed by atoms with Crippen molar-refractivity contribution in [3.63, 3.8) is 0 Å². The quantitative estimate of drug-likeness (QED) is 0.439. The Bertz CT molecular complexity index is 115. The van der Waals surface area contributed by atoms with Crippen molar-refractivity contribution in [1.29, 1.82) is 0 Å². The molecule has 0 aromatic carbocycles. The highest BCUT2D eigenvalue weighted by atomic mass is 28.3. The molecule has 0 amide bonds. The van der Waals surface area contributed by atoms with E-state index in [4.69, 9.17) is 9.47 Å². The van der Waals surface area contributed by atoms with Crippen LogP contribution >= 0.6 is 0 Å². The molecule has 0 aliphatic rings. The van der Waals surface area contributed by atoms with E-state index in [-0.39, 0.29) is 5.91 Å². The Kier molecular flexibility index (Phi) is 5.40. The van der Waals surface area contributed by atoms with Crippen molar-refractivity contribution < 1.29 is 9.47 Å². The maximum atomic E-state index is 5.14. The van der Waals surface area contributed by atoms with E-state index in [1.807, 2.05) is 19.8 Å². The van der Waals surface area contributed by atoms with Crippen LogP contribution in [0.25, 0.3) is 0 Å². The van der Waals surface area contributed by atoms with Crippen LogP contribution in [0.5, 0.6) is 0 Å². The fraction of sp³-hybridized carbons (Fsp3) is 0.714. The minimum atomic E-state index is -1.25. The smallest absolute Gasteiger partial charge is 0.200 e. The van der Waals surface area contributed by atoms with Crippen LogP contribution in [0.2, 0.25) is 0 Å². The lowest BCUT2D eigenvalue weighted by atomic mass is 11.2. The first kappa shape index (κ1) is 10.8. The molecular weight excluding hydrogens is 158 g/mol. The summed E-state index contributed by atoms with van der Waals surface area (Å²) in [6, 6.07) is 0. The summed E-state index contributed by atoms with van der Waals surface area (Å²) in [5.41, 5.74) is 1.94. The van der Waals surface area contributed by atoms with Crippen LogP contribution in [0.3, 0.4) is 0 Å². The molecular formula is C7H17NO2Si. The Morgan fingerprint density at radius 3 is 1.91 bits per heavy atom. The SMILES string of the molecule is C=C[SiH](C(OC)OC)N(C)C. The van der Waals surface area contributed by atoms with Crippen molar-refractivity contribution in [3.05, 3.63) is 12.3 Å². The number of nitrogens with zero attached hydrogens (tertiary/aromatic N) is 1. The summed E-state index contributed by atoms with van der Waals surface area (Å²) in [4.78, 5) is 0. The molecule has 0 spiro atoms. The molecule has 0 heterocycles. The molecule has 3 nitrogen and oxygen atoms in total. The molecule has 4 heteroatoms. The van der Waals surface area contributed by atoms with Gasteiger partial charge in [-0.25, -0.2) is 0 Å². The summed E-state index contributed by atoms with van der Waals surface area (Å²) in [7, 11) is 6.09. The van der Waals surface area contributed by atoms with E-state index < -0.39 is 8.96 Å². The highest BCUT2D eigenvalue weighted by Gasteiger charge is 2.21. The molecule has 66 valence electrons. The maximum absolute atomic E-state index is 5.14. The standard InChI is InChI=1S/C7H17NO2Si/c1-6-11(8(2)3)7(9-4)10-5/h6-7,11H,1H2,2-5H3. The predicted octanol–water partition coefficient (Wildman–Crippen LogP) is 0.155. The van der Waals surface area contributed by atoms with Gasteiger partial charge in [0.25, 0.3) is 0 Å². The minimum Gasteiger partial charge on any atom is -0.358 e. The summed E-state index contributed by atoms with van der Waals surface area (Å²) >= 11 is 0. The van der Waals surface area contributed by atoms with Crippen LogP contribution in [0, 0.1) is 0 Å². The second-order valence-electron chi connectivity index (χ2n) is 2.53. The number of rotatable bonds is 5. The second-order valence-corrected chi connectivity index (χ2v) is 5.56. The molecule has 11 heavy (non-hydrogen) atoms. The van der Waals surface area contributed by atoms with Crippen LogP contribution in [0.4, 0.5) is 0 Å². The third-order valence-corrected chi connectivity index (χ3v) is 4.36. The van der Waals surface area contributed by atoms with Crippen LogP contribution < -0.4 is 0 Å². The summed E-state index contributed by atoms with van der Waals surface area (Å²) in [5.74, 6) is -0.0949. The van der Waals surface area contributed by atoms with E-state index in [0.717, 1.165) is 0 Å². The van der Waals surface area contributed by atoms with Crippen molar-refractivity contribution in [2.24, 2.45) is 0 Å². The van der Waals surface area contributed by atoms with Gasteiger partial charge in [0.1, 0.15) is 0 Å². The predicted molar refractivity (Wildman–Crippen MR) is 48.8 cm³/mol. The molecule has 1 atom stereocenters. The van der Waals surface area contributed by atoms with E-state index in [2.05, 4.69) is 11.1 Å². The molecule has 0 aromatic rings. The van der Waals surface area contributed by atoms with Gasteiger partial charge in [-0.3, -0.25) is 0 Å². The van der Waals surface area contributed by atoms with Crippen molar-refractivity contribution in [3.8, 4) is 0 Å². The van der Waals surface area contributed by atoms with E-state index >= 15 is 0 Å². The molecule has 0 fully saturated rings. The van der Waals surface area contributed by atoms with E-state index in [0.29, 0.717) is 0 Å². The third kappa shape index (κ3) is 3.16. The molecule has 0 saturated heterocycles. The Morgan fingerprint density at radius 1 is 1.36 bits per heavy atom. The van der Waals surface area contributed by atoms with Crippen molar-refractivity contribution >= 4 is 8.96 Å². The molecule has 0 aromatic heterocycles. The topological polar surface area (TPSA) is 21.7 Å². The van der Waals surface area contributed by atoms with Crippen LogP contribution in [-0.4, -0.2) is 47.8 Å². The van der Waals surface area contributed by atoms with Gasteiger partial charge in [-0.1, -0.05) is 5.70 Å². The monoisotopic (exact) mass is 175 g/mol. The van der Waals surface area contributed by atoms with Crippen LogP contribution in [-0.2, 0) is 9.47 Å². The minimum absolute atomic E-state index is 0.0949. The number of hydrogen-bond acceptors (Lipinski definition) is 3. The molecule has 0 aliphatic heterocycles. The van der Waals surface area contributed by atoms with Gasteiger partial charge >= 0.3 is 0 Å². The highest BCUT2D eigenvalue weighted by molar-refractivity contribution is 6.62. The third-order valence-electron chi connectivity index (χ3n) is 1.58. The van der Waals surface area contributed by atoms with Crippen molar-refractivity contribution in [1.82, 2.24) is 4.57 Å². The lowest BCUT2D eigenvalue weighted by Crippen LogP contribution is -2.44. The molecule has 0 radical (unpaired) electrons. The number of ether oxygens (including phenoxy) is 2. The Labute approximate surface area is 70.3 Å². The maximum Gasteiger partial charge on any atom is 0.200 e. The van der Waals surface area contributed by atoms with Gasteiger partial charge in [0, 0.05) is 14.2 Å². The number of methoxy groups -OCH3 is 2. The van der Waals surface area contributed by atoms with E-state index in [1.165, 1.54) is 0 Å². The van der Waals surface area contributed by atoms with Gasteiger partial charge in [0.15, 0.2) is 5.91 Å². The molecule has 0 saturated carbocycles. The first-order valence-corrected chi connectivity index (χ1v) is 5.37. The van der Waals surface area contributed by atoms with Gasteiger partial charge in [0.2, 0.25) is 8.96 Å². The van der Waals surface area contributed by atoms with E-state index in [9.17, 15) is 0 Å². The summed E-state index contributed by atoms with van der Waals surface area (Å²) in [5, 5.41) is 0. The van der Waals surface area contributed by atoms with Gasteiger partial charge in [-0.05, 0) is 14.1 Å². The van der Waals surface area contributed by atoms with Gasteiger partial charge in [0.05, 0.1) is 0 Å². The fourth-order valence-corrected chi connectivity index (χ4v) is 2.63. The summed E-state index contributed by atoms with van der Waals surface area (Å²) in [6.45, 7) is 3.76. The lowest BCUT2D eigenvalue weighted by Gasteiger charge is -2.25. The molecule has 0 aliphatic carbocycles. The molecule has 1 unspecified atom stereocenters. The Morgan fingerprint density at radius 2 is 1.82 bits per heavy atom. The van der Waals surface area contributed by atoms with Crippen molar-refractivity contribution in [2.75, 3.05) is 28.3 Å². The summed E-state index contributed by atoms with van der Waals surface area (Å²) < 4.78 is 12.4. The molecule has 0 bridgehead atoms. The molecule has 0 rings (SSSR count). The van der Waals surface area contributed by atoms with Gasteiger partial charge < -0.3 is 14.0 Å². The summed E-state index contributed by atoms with van der Waals surface area (Å²) in [6.07, 6.45) is 0. The second kappa shape index (κ2) is 5.48. The lowest BCUT2D eigenvalue weighted by molar-refractivity contribution is -0.0499. The Balaban J connectivity index is 4.08. The first-order chi connectivity index (χ1) is 5.17. The first-order valence-electron chi connectivity index (χ1n) is 3.52. The zero-order valence-electron chi connectivity index (χ0n) is 7.70. The average molecular weight is 175 g/mol. The fourth-order valence-electron chi connectivity index (χ4n) is 0.940. The van der Waals surface area contributed by atoms with Crippen molar-refractivity contribution in [2.45, 2.75) is 5.91 Å². The normalized spacial score (nSPS) is 14.0. The zero-order valence-corrected chi connectivity index (χ0v) is 8.86. The Hall–Kier alpha value is -0.163. The highest BCUT2D eigenvalue weighted by Crippen LogP contribution is 2.01. The zero-order chi connectivity index (χ0) is 8.85.